The van der Waals surface area contributed by atoms with Crippen molar-refractivity contribution in [3.05, 3.63) is 0 Å². The quantitative estimate of drug-likeness (QED) is 0.641. The molecule has 0 unspecified atom stereocenters. The van der Waals surface area contributed by atoms with Gasteiger partial charge in [-0.1, -0.05) is 0 Å². The highest BCUT2D eigenvalue weighted by atomic mass is 16.2. The Morgan fingerprint density at radius 2 is 2.15 bits per heavy atom. The fraction of sp³-hybridized carbons (Fsp3) is 0.625. The molecule has 0 aliphatic carbocycles. The van der Waals surface area contributed by atoms with Crippen molar-refractivity contribution in [3.8, 4) is 0 Å². The second-order valence-electron chi connectivity index (χ2n) is 3.19. The largest absolute Gasteiger partial charge is 0.346 e. The predicted molar refractivity (Wildman–Crippen MR) is 49.9 cm³/mol. The Bertz CT molecular complexity index is 265. The van der Waals surface area contributed by atoms with Crippen LogP contribution in [0, 0.1) is 0 Å². The lowest BCUT2D eigenvalue weighted by atomic mass is 10.2. The zero-order valence-corrected chi connectivity index (χ0v) is 7.36. The van der Waals surface area contributed by atoms with E-state index in [1.165, 1.54) is 25.5 Å². The number of carbonyl (C=O) groups excluding carboxylic acids is 1. The number of rotatable bonds is 1. The molecule has 0 aromatic rings. The van der Waals surface area contributed by atoms with Crippen molar-refractivity contribution in [2.24, 2.45) is 10.1 Å². The van der Waals surface area contributed by atoms with E-state index in [4.69, 9.17) is 0 Å². The molecule has 1 fully saturated rings. The number of piperidine rings is 1. The zero-order valence-electron chi connectivity index (χ0n) is 7.36. The molecule has 0 radical (unpaired) electrons. The minimum absolute atomic E-state index is 0.323. The Morgan fingerprint density at radius 3 is 2.77 bits per heavy atom. The highest BCUT2D eigenvalue weighted by molar-refractivity contribution is 6.38. The van der Waals surface area contributed by atoms with Crippen LogP contribution in [-0.4, -0.2) is 36.2 Å². The topological polar surface area (TPSA) is 57.1 Å². The average Bonchev–Trinajstić information content (AvgIpc) is 2.53. The van der Waals surface area contributed by atoms with Crippen molar-refractivity contribution >= 4 is 18.1 Å². The van der Waals surface area contributed by atoms with E-state index in [-0.39, 0.29) is 6.03 Å². The molecule has 1 N–H and O–H groups in total. The predicted octanol–water partition coefficient (Wildman–Crippen LogP) is 0.580. The molecule has 1 saturated heterocycles. The molecule has 0 aromatic carbocycles. The first-order valence-electron chi connectivity index (χ1n) is 4.53. The Kier molecular flexibility index (Phi) is 2.25. The number of amidine groups is 1. The summed E-state index contributed by atoms with van der Waals surface area (Å²) in [6, 6.07) is -0.323. The van der Waals surface area contributed by atoms with Gasteiger partial charge in [0, 0.05) is 13.1 Å². The second-order valence-corrected chi connectivity index (χ2v) is 3.19. The van der Waals surface area contributed by atoms with E-state index >= 15 is 0 Å². The van der Waals surface area contributed by atoms with Crippen molar-refractivity contribution in [3.63, 3.8) is 0 Å². The Balaban J connectivity index is 1.95. The molecule has 0 aromatic heterocycles. The minimum Gasteiger partial charge on any atom is -0.295 e. The fourth-order valence-corrected chi connectivity index (χ4v) is 1.47. The van der Waals surface area contributed by atoms with E-state index in [1.807, 2.05) is 5.01 Å². The van der Waals surface area contributed by atoms with Crippen molar-refractivity contribution < 1.29 is 4.79 Å². The van der Waals surface area contributed by atoms with Crippen LogP contribution in [0.1, 0.15) is 19.3 Å². The van der Waals surface area contributed by atoms with E-state index in [0.29, 0.717) is 5.84 Å². The van der Waals surface area contributed by atoms with Crippen LogP contribution in [0.4, 0.5) is 4.79 Å². The highest BCUT2D eigenvalue weighted by Crippen LogP contribution is 2.08. The van der Waals surface area contributed by atoms with Gasteiger partial charge in [0.25, 0.3) is 0 Å². The molecule has 2 rings (SSSR count). The van der Waals surface area contributed by atoms with Gasteiger partial charge in [-0.25, -0.2) is 4.79 Å². The maximum atomic E-state index is 10.7. The van der Waals surface area contributed by atoms with Crippen LogP contribution in [0.3, 0.4) is 0 Å². The van der Waals surface area contributed by atoms with Crippen LogP contribution in [0.5, 0.6) is 0 Å². The molecule has 2 amide bonds. The number of hydrogen-bond acceptors (Lipinski definition) is 3. The van der Waals surface area contributed by atoms with Gasteiger partial charge in [0.1, 0.15) is 0 Å². The normalized spacial score (nSPS) is 25.4. The average molecular weight is 180 g/mol. The van der Waals surface area contributed by atoms with Crippen LogP contribution in [0.25, 0.3) is 0 Å². The first-order chi connectivity index (χ1) is 6.34. The first-order valence-corrected chi connectivity index (χ1v) is 4.53. The van der Waals surface area contributed by atoms with Gasteiger partial charge in [-0.3, -0.25) is 10.3 Å². The summed E-state index contributed by atoms with van der Waals surface area (Å²) in [6.07, 6.45) is 5.11. The van der Waals surface area contributed by atoms with Gasteiger partial charge in [0.15, 0.2) is 5.84 Å². The lowest BCUT2D eigenvalue weighted by molar-refractivity contribution is 0.238. The number of carbonyl (C=O) groups is 1. The van der Waals surface area contributed by atoms with Gasteiger partial charge in [0.2, 0.25) is 0 Å². The molecule has 2 heterocycles. The third kappa shape index (κ3) is 2.05. The minimum atomic E-state index is -0.323. The number of hydrazone groups is 1. The molecular formula is C8H12N4O. The van der Waals surface area contributed by atoms with Crippen LogP contribution in [0.2, 0.25) is 0 Å². The molecule has 0 spiro atoms. The summed E-state index contributed by atoms with van der Waals surface area (Å²) >= 11 is 0. The highest BCUT2D eigenvalue weighted by Gasteiger charge is 2.13. The molecular weight excluding hydrogens is 168 g/mol. The van der Waals surface area contributed by atoms with Gasteiger partial charge in [-0.2, -0.15) is 10.1 Å². The maximum Gasteiger partial charge on any atom is 0.346 e. The maximum absolute atomic E-state index is 10.7. The van der Waals surface area contributed by atoms with E-state index in [9.17, 15) is 4.79 Å². The molecule has 13 heavy (non-hydrogen) atoms. The molecule has 2 aliphatic rings. The summed E-state index contributed by atoms with van der Waals surface area (Å²) in [4.78, 5) is 14.2. The molecule has 2 aliphatic heterocycles. The van der Waals surface area contributed by atoms with Crippen LogP contribution in [-0.2, 0) is 0 Å². The lowest BCUT2D eigenvalue weighted by Gasteiger charge is -2.23. The van der Waals surface area contributed by atoms with Gasteiger partial charge < -0.3 is 0 Å². The molecule has 0 saturated carbocycles. The number of nitrogens with one attached hydrogen (secondary N) is 1. The smallest absolute Gasteiger partial charge is 0.295 e. The number of nitrogens with zero attached hydrogens (tertiary/aromatic N) is 3. The summed E-state index contributed by atoms with van der Waals surface area (Å²) in [7, 11) is 0. The zero-order chi connectivity index (χ0) is 9.10. The number of aliphatic imine (C=N–C) groups is 1. The summed E-state index contributed by atoms with van der Waals surface area (Å²) in [6.45, 7) is 1.96. The SMILES string of the molecule is O=C1N=CC(=NN2CCCCC2)N1. The Hall–Kier alpha value is -1.39. The van der Waals surface area contributed by atoms with Crippen molar-refractivity contribution in [2.75, 3.05) is 13.1 Å². The summed E-state index contributed by atoms with van der Waals surface area (Å²) in [5.74, 6) is 0.562. The van der Waals surface area contributed by atoms with Crippen LogP contribution >= 0.6 is 0 Å². The van der Waals surface area contributed by atoms with Gasteiger partial charge in [0.05, 0.1) is 6.21 Å². The van der Waals surface area contributed by atoms with E-state index in [1.54, 1.807) is 0 Å². The third-order valence-electron chi connectivity index (χ3n) is 2.12. The Labute approximate surface area is 76.5 Å². The number of hydrogen-bond donors (Lipinski definition) is 1. The van der Waals surface area contributed by atoms with Crippen LogP contribution in [0.15, 0.2) is 10.1 Å². The summed E-state index contributed by atoms with van der Waals surface area (Å²) in [5.41, 5.74) is 0. The van der Waals surface area contributed by atoms with Crippen molar-refractivity contribution in [1.82, 2.24) is 10.3 Å². The molecule has 0 bridgehead atoms. The summed E-state index contributed by atoms with van der Waals surface area (Å²) < 4.78 is 0. The number of amides is 2. The van der Waals surface area contributed by atoms with Gasteiger partial charge >= 0.3 is 6.03 Å². The lowest BCUT2D eigenvalue weighted by Crippen LogP contribution is -2.30. The van der Waals surface area contributed by atoms with Crippen molar-refractivity contribution in [2.45, 2.75) is 19.3 Å². The van der Waals surface area contributed by atoms with E-state index in [2.05, 4.69) is 15.4 Å². The standard InChI is InChI=1S/C8H12N4O/c13-8-9-6-7(10-8)11-12-4-2-1-3-5-12/h6H,1-5H2,(H,10,11,13). The number of urea groups is 1. The molecule has 70 valence electrons. The third-order valence-corrected chi connectivity index (χ3v) is 2.12. The van der Waals surface area contributed by atoms with Gasteiger partial charge in [-0.05, 0) is 19.3 Å². The first kappa shape index (κ1) is 8.22. The monoisotopic (exact) mass is 180 g/mol. The molecule has 5 nitrogen and oxygen atoms in total. The molecule has 0 atom stereocenters. The van der Waals surface area contributed by atoms with Crippen LogP contribution < -0.4 is 5.32 Å². The Morgan fingerprint density at radius 1 is 1.38 bits per heavy atom. The van der Waals surface area contributed by atoms with E-state index < -0.39 is 0 Å². The van der Waals surface area contributed by atoms with Gasteiger partial charge in [-0.15, -0.1) is 0 Å². The summed E-state index contributed by atoms with van der Waals surface area (Å²) in [5, 5.41) is 8.79. The second kappa shape index (κ2) is 3.55. The van der Waals surface area contributed by atoms with Crippen molar-refractivity contribution in [1.29, 1.82) is 0 Å². The fourth-order valence-electron chi connectivity index (χ4n) is 1.47. The van der Waals surface area contributed by atoms with E-state index in [0.717, 1.165) is 13.1 Å². The molecule has 5 heteroatoms.